The molecule has 0 fully saturated rings. The molecule has 39 heavy (non-hydrogen) atoms. The van der Waals surface area contributed by atoms with Crippen molar-refractivity contribution in [2.45, 2.75) is 57.0 Å². The van der Waals surface area contributed by atoms with E-state index in [1.165, 1.54) is 44.2 Å². The van der Waals surface area contributed by atoms with Crippen LogP contribution in [0.25, 0.3) is 0 Å². The number of hydrogen-bond donors (Lipinski definition) is 1. The van der Waals surface area contributed by atoms with Crippen LogP contribution in [0, 0.1) is 13.8 Å². The van der Waals surface area contributed by atoms with Crippen LogP contribution in [0.3, 0.4) is 0 Å². The molecule has 15 heteroatoms. The van der Waals surface area contributed by atoms with Crippen molar-refractivity contribution < 1.29 is 57.8 Å². The molecule has 0 amide bonds. The Bertz CT molecular complexity index is 1560. The Balaban J connectivity index is 2.28. The van der Waals surface area contributed by atoms with Gasteiger partial charge in [0.1, 0.15) is 17.1 Å². The van der Waals surface area contributed by atoms with Gasteiger partial charge >= 0.3 is 37.7 Å². The number of alkyl halides is 3. The molecule has 0 spiro atoms. The number of carboxylic acid groups (broad SMARTS) is 1. The van der Waals surface area contributed by atoms with E-state index >= 15 is 0 Å². The summed E-state index contributed by atoms with van der Waals surface area (Å²) in [5.74, 6) is -3.80. The average molecular weight is 593 g/mol. The number of benzene rings is 2. The quantitative estimate of drug-likeness (QED) is 0.183. The summed E-state index contributed by atoms with van der Waals surface area (Å²) in [7, 11) is -10.9. The molecular formula is C24H23F3O10S2. The lowest BCUT2D eigenvalue weighted by molar-refractivity contribution is -0.136. The first kappa shape index (κ1) is 30.0. The number of hydrogen-bond acceptors (Lipinski definition) is 9. The van der Waals surface area contributed by atoms with Gasteiger partial charge in [0.15, 0.2) is 11.5 Å². The Labute approximate surface area is 222 Å². The van der Waals surface area contributed by atoms with Crippen LogP contribution in [-0.4, -0.2) is 39.4 Å². The van der Waals surface area contributed by atoms with E-state index in [9.17, 15) is 39.6 Å². The number of allylic oxidation sites excluding steroid dienone is 2. The number of fused-ring (bicyclic) bond motifs is 1. The van der Waals surface area contributed by atoms with E-state index in [0.717, 1.165) is 0 Å². The second-order valence-corrected chi connectivity index (χ2v) is 11.8. The van der Waals surface area contributed by atoms with Gasteiger partial charge in [-0.25, -0.2) is 4.79 Å². The molecule has 1 aliphatic heterocycles. The van der Waals surface area contributed by atoms with E-state index in [2.05, 4.69) is 4.18 Å². The highest BCUT2D eigenvalue weighted by Gasteiger charge is 2.49. The highest BCUT2D eigenvalue weighted by molar-refractivity contribution is 7.88. The largest absolute Gasteiger partial charge is 0.534 e. The van der Waals surface area contributed by atoms with Gasteiger partial charge in [0, 0.05) is 23.1 Å². The van der Waals surface area contributed by atoms with Crippen molar-refractivity contribution in [3.63, 3.8) is 0 Å². The third-order valence-corrected chi connectivity index (χ3v) is 7.98. The summed E-state index contributed by atoms with van der Waals surface area (Å²) < 4.78 is 105. The average Bonchev–Trinajstić information content (AvgIpc) is 3.21. The van der Waals surface area contributed by atoms with Crippen molar-refractivity contribution in [2.24, 2.45) is 0 Å². The van der Waals surface area contributed by atoms with Crippen LogP contribution in [0.1, 0.15) is 52.4 Å². The Hall–Kier alpha value is -3.59. The predicted octanol–water partition coefficient (Wildman–Crippen LogP) is 4.32. The number of rotatable bonds is 10. The Morgan fingerprint density at radius 3 is 2.23 bits per heavy atom. The van der Waals surface area contributed by atoms with Crippen LogP contribution >= 0.6 is 0 Å². The fourth-order valence-electron chi connectivity index (χ4n) is 3.64. The number of aliphatic carboxylic acids is 1. The number of aryl methyl sites for hydroxylation is 1. The number of carbonyl (C=O) groups excluding carboxylic acids is 1. The van der Waals surface area contributed by atoms with E-state index in [1.54, 1.807) is 6.92 Å². The van der Waals surface area contributed by atoms with Crippen molar-refractivity contribution in [3.8, 4) is 11.5 Å². The van der Waals surface area contributed by atoms with E-state index in [0.29, 0.717) is 11.1 Å². The predicted molar refractivity (Wildman–Crippen MR) is 129 cm³/mol. The Morgan fingerprint density at radius 1 is 1.05 bits per heavy atom. The van der Waals surface area contributed by atoms with E-state index in [-0.39, 0.29) is 28.9 Å². The number of esters is 1. The van der Waals surface area contributed by atoms with Gasteiger partial charge < -0.3 is 18.2 Å². The van der Waals surface area contributed by atoms with Crippen LogP contribution in [0.15, 0.2) is 40.8 Å². The molecule has 0 saturated carbocycles. The minimum atomic E-state index is -6.23. The number of carbonyl (C=O) groups is 2. The maximum atomic E-state index is 13.2. The lowest BCUT2D eigenvalue weighted by Crippen LogP contribution is -2.29. The molecule has 0 aliphatic carbocycles. The maximum absolute atomic E-state index is 13.2. The molecule has 1 N–H and O–H groups in total. The highest BCUT2D eigenvalue weighted by atomic mass is 32.2. The van der Waals surface area contributed by atoms with Crippen LogP contribution in [-0.2, 0) is 42.8 Å². The molecule has 0 atom stereocenters. The molecule has 0 aromatic heterocycles. The van der Waals surface area contributed by atoms with Crippen molar-refractivity contribution in [3.05, 3.63) is 63.7 Å². The van der Waals surface area contributed by atoms with Crippen LogP contribution in [0.5, 0.6) is 11.5 Å². The summed E-state index contributed by atoms with van der Waals surface area (Å²) in [6.07, 6.45) is 0.599. The van der Waals surface area contributed by atoms with Gasteiger partial charge in [-0.3, -0.25) is 4.79 Å². The minimum absolute atomic E-state index is 0.0240. The molecule has 0 unspecified atom stereocenters. The number of cyclic esters (lactones) is 1. The van der Waals surface area contributed by atoms with E-state index < -0.39 is 73.3 Å². The van der Waals surface area contributed by atoms with E-state index in [1.807, 2.05) is 0 Å². The first-order valence-electron chi connectivity index (χ1n) is 11.2. The SMILES string of the molecule is C/C(=C\Cc1c(OS(=O)(=O)C(F)(F)F)c(C)c2c(c1OS(=O)(=O)c1ccc(C)cc1)C(=O)OC2)CCC(=O)O. The molecule has 2 aromatic carbocycles. The monoisotopic (exact) mass is 592 g/mol. The van der Waals surface area contributed by atoms with Crippen LogP contribution < -0.4 is 8.37 Å². The molecule has 0 radical (unpaired) electrons. The molecule has 0 bridgehead atoms. The molecular weight excluding hydrogens is 569 g/mol. The molecule has 2 aromatic rings. The van der Waals surface area contributed by atoms with Gasteiger partial charge in [-0.1, -0.05) is 29.3 Å². The van der Waals surface area contributed by atoms with Gasteiger partial charge in [0.2, 0.25) is 0 Å². The Morgan fingerprint density at radius 2 is 1.67 bits per heavy atom. The first-order valence-corrected chi connectivity index (χ1v) is 14.0. The zero-order valence-corrected chi connectivity index (χ0v) is 22.4. The number of ether oxygens (including phenoxy) is 1. The lowest BCUT2D eigenvalue weighted by Gasteiger charge is -2.20. The molecule has 1 heterocycles. The Kier molecular flexibility index (Phi) is 8.36. The molecule has 212 valence electrons. The van der Waals surface area contributed by atoms with Crippen LogP contribution in [0.2, 0.25) is 0 Å². The maximum Gasteiger partial charge on any atom is 0.534 e. The minimum Gasteiger partial charge on any atom is -0.481 e. The zero-order valence-electron chi connectivity index (χ0n) is 20.8. The van der Waals surface area contributed by atoms with Gasteiger partial charge in [0.05, 0.1) is 0 Å². The zero-order chi connectivity index (χ0) is 29.3. The summed E-state index contributed by atoms with van der Waals surface area (Å²) >= 11 is 0. The van der Waals surface area contributed by atoms with Gasteiger partial charge in [-0.05, 0) is 45.7 Å². The molecule has 0 saturated heterocycles. The molecule has 3 rings (SSSR count). The second-order valence-electron chi connectivity index (χ2n) is 8.67. The summed E-state index contributed by atoms with van der Waals surface area (Å²) in [5.41, 5.74) is -5.92. The number of carboxylic acids is 1. The fourth-order valence-corrected chi connectivity index (χ4v) is 5.15. The van der Waals surface area contributed by atoms with Gasteiger partial charge in [0.25, 0.3) is 0 Å². The standard InChI is InChI=1S/C24H23F3O10S2/c1-13-4-8-16(9-5-13)38(31,32)36-22-17(10-6-14(2)7-11-19(28)29)21(37-39(33,34)24(25,26)27)15(3)18-12-35-23(30)20(18)22/h4-6,8-9H,7,10-12H2,1-3H3,(H,28,29)/b14-6+. The lowest BCUT2D eigenvalue weighted by atomic mass is 9.95. The van der Waals surface area contributed by atoms with E-state index in [4.69, 9.17) is 14.0 Å². The summed E-state index contributed by atoms with van der Waals surface area (Å²) in [6, 6.07) is 5.34. The van der Waals surface area contributed by atoms with Crippen molar-refractivity contribution in [1.82, 2.24) is 0 Å². The summed E-state index contributed by atoms with van der Waals surface area (Å²) in [5, 5.41) is 8.91. The fraction of sp³-hybridized carbons (Fsp3) is 0.333. The number of halogens is 3. The summed E-state index contributed by atoms with van der Waals surface area (Å²) in [4.78, 5) is 23.2. The third kappa shape index (κ3) is 6.53. The van der Waals surface area contributed by atoms with Crippen LogP contribution in [0.4, 0.5) is 13.2 Å². The molecule has 1 aliphatic rings. The topological polar surface area (TPSA) is 150 Å². The first-order chi connectivity index (χ1) is 17.9. The van der Waals surface area contributed by atoms with Crippen molar-refractivity contribution >= 4 is 32.2 Å². The second kappa shape index (κ2) is 10.9. The van der Waals surface area contributed by atoms with Crippen molar-refractivity contribution in [1.29, 1.82) is 0 Å². The molecule has 10 nitrogen and oxygen atoms in total. The third-order valence-electron chi connectivity index (χ3n) is 5.79. The summed E-state index contributed by atoms with van der Waals surface area (Å²) in [6.45, 7) is 3.89. The van der Waals surface area contributed by atoms with Gasteiger partial charge in [-0.15, -0.1) is 0 Å². The van der Waals surface area contributed by atoms with Gasteiger partial charge in [-0.2, -0.15) is 30.0 Å². The normalized spacial score (nSPS) is 14.1. The van der Waals surface area contributed by atoms with Crippen molar-refractivity contribution in [2.75, 3.05) is 0 Å². The highest BCUT2D eigenvalue weighted by Crippen LogP contribution is 2.45. The smallest absolute Gasteiger partial charge is 0.481 e.